The van der Waals surface area contributed by atoms with Crippen LogP contribution in [0, 0.1) is 0 Å². The van der Waals surface area contributed by atoms with E-state index in [1.54, 1.807) is 29.2 Å². The highest BCUT2D eigenvalue weighted by Crippen LogP contribution is 2.24. The topological polar surface area (TPSA) is 91.7 Å². The third kappa shape index (κ3) is 3.75. The van der Waals surface area contributed by atoms with Crippen LogP contribution < -0.4 is 10.6 Å². The van der Waals surface area contributed by atoms with Gasteiger partial charge in [0, 0.05) is 24.0 Å². The van der Waals surface area contributed by atoms with Gasteiger partial charge < -0.3 is 20.0 Å². The van der Waals surface area contributed by atoms with Crippen LogP contribution in [0.15, 0.2) is 47.1 Å². The molecule has 146 valence electrons. The van der Waals surface area contributed by atoms with E-state index in [9.17, 15) is 14.4 Å². The molecule has 3 unspecified atom stereocenters. The summed E-state index contributed by atoms with van der Waals surface area (Å²) in [7, 11) is 0. The van der Waals surface area contributed by atoms with Gasteiger partial charge in [0.05, 0.1) is 6.26 Å². The Morgan fingerprint density at radius 3 is 2.75 bits per heavy atom. The summed E-state index contributed by atoms with van der Waals surface area (Å²) in [4.78, 5) is 39.3. The molecule has 0 bridgehead atoms. The van der Waals surface area contributed by atoms with E-state index >= 15 is 0 Å². The molecular formula is C20H20ClN3O4. The zero-order valence-electron chi connectivity index (χ0n) is 15.1. The molecule has 2 fully saturated rings. The molecule has 4 rings (SSSR count). The lowest BCUT2D eigenvalue weighted by Crippen LogP contribution is -2.67. The van der Waals surface area contributed by atoms with Gasteiger partial charge in [0.1, 0.15) is 12.1 Å². The molecule has 0 radical (unpaired) electrons. The average molecular weight is 402 g/mol. The van der Waals surface area contributed by atoms with Crippen LogP contribution in [0.3, 0.4) is 0 Å². The van der Waals surface area contributed by atoms with Crippen molar-refractivity contribution in [2.24, 2.45) is 0 Å². The van der Waals surface area contributed by atoms with Crippen LogP contribution in [0.1, 0.15) is 29.0 Å². The highest BCUT2D eigenvalue weighted by Gasteiger charge is 2.44. The van der Waals surface area contributed by atoms with Gasteiger partial charge in [-0.25, -0.2) is 0 Å². The second-order valence-electron chi connectivity index (χ2n) is 7.11. The van der Waals surface area contributed by atoms with Gasteiger partial charge in [-0.2, -0.15) is 0 Å². The number of nitrogens with zero attached hydrogens (tertiary/aromatic N) is 1. The molecule has 2 aromatic rings. The molecule has 0 aliphatic carbocycles. The van der Waals surface area contributed by atoms with Crippen molar-refractivity contribution in [2.45, 2.75) is 37.4 Å². The Kier molecular flexibility index (Phi) is 5.09. The molecule has 1 aromatic heterocycles. The molecule has 2 aliphatic heterocycles. The predicted molar refractivity (Wildman–Crippen MR) is 102 cm³/mol. The molecule has 8 heteroatoms. The second-order valence-corrected chi connectivity index (χ2v) is 7.55. The number of hydrogen-bond acceptors (Lipinski definition) is 4. The smallest absolute Gasteiger partial charge is 0.287 e. The molecule has 3 amide bonds. The van der Waals surface area contributed by atoms with Crippen LogP contribution in [0.4, 0.5) is 0 Å². The third-order valence-corrected chi connectivity index (χ3v) is 5.49. The lowest BCUT2D eigenvalue weighted by molar-refractivity contribution is -0.151. The molecule has 1 aromatic carbocycles. The summed E-state index contributed by atoms with van der Waals surface area (Å²) in [6.07, 6.45) is 2.84. The summed E-state index contributed by atoms with van der Waals surface area (Å²) in [6, 6.07) is 9.13. The van der Waals surface area contributed by atoms with E-state index in [4.69, 9.17) is 16.0 Å². The predicted octanol–water partition coefficient (Wildman–Crippen LogP) is 1.76. The van der Waals surface area contributed by atoms with Crippen LogP contribution in [0.2, 0.25) is 5.02 Å². The van der Waals surface area contributed by atoms with Crippen LogP contribution in [-0.2, 0) is 16.0 Å². The largest absolute Gasteiger partial charge is 0.459 e. The minimum atomic E-state index is -0.584. The fourth-order valence-corrected chi connectivity index (χ4v) is 3.92. The number of carbonyl (C=O) groups is 3. The maximum atomic E-state index is 12.9. The van der Waals surface area contributed by atoms with E-state index in [2.05, 4.69) is 10.6 Å². The SMILES string of the molecule is O=C(NC1CCN2C(=O)C(Cc3ccc(Cl)cc3)NC(=O)C2C1)c1ccco1. The van der Waals surface area contributed by atoms with Gasteiger partial charge >= 0.3 is 0 Å². The monoisotopic (exact) mass is 401 g/mol. The Hall–Kier alpha value is -2.80. The Balaban J connectivity index is 1.40. The molecular weight excluding hydrogens is 382 g/mol. The van der Waals surface area contributed by atoms with Crippen LogP contribution in [-0.4, -0.2) is 47.3 Å². The molecule has 0 spiro atoms. The van der Waals surface area contributed by atoms with Crippen molar-refractivity contribution < 1.29 is 18.8 Å². The number of piperidine rings is 1. The molecule has 3 heterocycles. The summed E-state index contributed by atoms with van der Waals surface area (Å²) >= 11 is 5.90. The van der Waals surface area contributed by atoms with E-state index in [-0.39, 0.29) is 29.5 Å². The minimum Gasteiger partial charge on any atom is -0.459 e. The van der Waals surface area contributed by atoms with Crippen molar-refractivity contribution in [1.82, 2.24) is 15.5 Å². The summed E-state index contributed by atoms with van der Waals surface area (Å²) in [5.74, 6) is -0.355. The number of furan rings is 1. The quantitative estimate of drug-likeness (QED) is 0.816. The highest BCUT2D eigenvalue weighted by molar-refractivity contribution is 6.30. The van der Waals surface area contributed by atoms with Gasteiger partial charge in [0.25, 0.3) is 5.91 Å². The van der Waals surface area contributed by atoms with Gasteiger partial charge in [0.2, 0.25) is 11.8 Å². The zero-order chi connectivity index (χ0) is 19.7. The van der Waals surface area contributed by atoms with Gasteiger partial charge in [-0.1, -0.05) is 23.7 Å². The van der Waals surface area contributed by atoms with Gasteiger partial charge in [0.15, 0.2) is 5.76 Å². The van der Waals surface area contributed by atoms with E-state index in [1.807, 2.05) is 12.1 Å². The molecule has 28 heavy (non-hydrogen) atoms. The molecule has 2 saturated heterocycles. The van der Waals surface area contributed by atoms with Crippen molar-refractivity contribution in [3.05, 3.63) is 59.0 Å². The van der Waals surface area contributed by atoms with E-state index in [0.717, 1.165) is 5.56 Å². The number of piperazine rings is 1. The normalized spacial score (nSPS) is 24.5. The van der Waals surface area contributed by atoms with Crippen molar-refractivity contribution >= 4 is 29.3 Å². The van der Waals surface area contributed by atoms with Crippen molar-refractivity contribution in [3.8, 4) is 0 Å². The van der Waals surface area contributed by atoms with Crippen molar-refractivity contribution in [3.63, 3.8) is 0 Å². The number of fused-ring (bicyclic) bond motifs is 1. The van der Waals surface area contributed by atoms with Crippen LogP contribution in [0.5, 0.6) is 0 Å². The van der Waals surface area contributed by atoms with Crippen molar-refractivity contribution in [2.75, 3.05) is 6.54 Å². The zero-order valence-corrected chi connectivity index (χ0v) is 15.8. The number of hydrogen-bond donors (Lipinski definition) is 2. The Bertz CT molecular complexity index is 881. The average Bonchev–Trinajstić information content (AvgIpc) is 3.23. The molecule has 2 N–H and O–H groups in total. The molecule has 2 aliphatic rings. The number of carbonyl (C=O) groups excluding carboxylic acids is 3. The number of benzene rings is 1. The highest BCUT2D eigenvalue weighted by atomic mass is 35.5. The van der Waals surface area contributed by atoms with Crippen LogP contribution in [0.25, 0.3) is 0 Å². The number of halogens is 1. The first-order valence-electron chi connectivity index (χ1n) is 9.21. The Labute approximate surface area is 167 Å². The van der Waals surface area contributed by atoms with Gasteiger partial charge in [-0.3, -0.25) is 14.4 Å². The number of rotatable bonds is 4. The maximum Gasteiger partial charge on any atom is 0.287 e. The maximum absolute atomic E-state index is 12.9. The first kappa shape index (κ1) is 18.6. The van der Waals surface area contributed by atoms with Gasteiger partial charge in [-0.05, 0) is 42.7 Å². The lowest BCUT2D eigenvalue weighted by Gasteiger charge is -2.44. The first-order chi connectivity index (χ1) is 13.5. The fourth-order valence-electron chi connectivity index (χ4n) is 3.80. The third-order valence-electron chi connectivity index (χ3n) is 5.24. The summed E-state index contributed by atoms with van der Waals surface area (Å²) in [5, 5.41) is 6.34. The number of amides is 3. The van der Waals surface area contributed by atoms with Crippen LogP contribution >= 0.6 is 11.6 Å². The minimum absolute atomic E-state index is 0.0876. The lowest BCUT2D eigenvalue weighted by atomic mass is 9.91. The van der Waals surface area contributed by atoms with E-state index in [0.29, 0.717) is 30.8 Å². The van der Waals surface area contributed by atoms with Crippen molar-refractivity contribution in [1.29, 1.82) is 0 Å². The molecule has 0 saturated carbocycles. The van der Waals surface area contributed by atoms with E-state index in [1.165, 1.54) is 6.26 Å². The molecule has 7 nitrogen and oxygen atoms in total. The van der Waals surface area contributed by atoms with E-state index < -0.39 is 12.1 Å². The second kappa shape index (κ2) is 7.67. The standard InChI is InChI=1S/C20H20ClN3O4/c21-13-5-3-12(4-6-13)10-15-20(27)24-8-7-14(11-16(24)18(25)23-15)22-19(26)17-2-1-9-28-17/h1-6,9,14-16H,7-8,10-11H2,(H,22,26)(H,23,25). The summed E-state index contributed by atoms with van der Waals surface area (Å²) in [5.41, 5.74) is 0.932. The molecule has 3 atom stereocenters. The Morgan fingerprint density at radius 1 is 1.25 bits per heavy atom. The fraction of sp³-hybridized carbons (Fsp3) is 0.350. The number of nitrogens with one attached hydrogen (secondary N) is 2. The first-order valence-corrected chi connectivity index (χ1v) is 9.59. The summed E-state index contributed by atoms with van der Waals surface area (Å²) < 4.78 is 5.10. The summed E-state index contributed by atoms with van der Waals surface area (Å²) in [6.45, 7) is 0.428. The Morgan fingerprint density at radius 2 is 2.04 bits per heavy atom. The van der Waals surface area contributed by atoms with Gasteiger partial charge in [-0.15, -0.1) is 0 Å².